The lowest BCUT2D eigenvalue weighted by Crippen LogP contribution is -2.66. The van der Waals surface area contributed by atoms with E-state index < -0.39 is 6.04 Å². The normalized spacial score (nSPS) is 20.7. The van der Waals surface area contributed by atoms with Crippen LogP contribution in [0.4, 0.5) is 0 Å². The SMILES string of the molecule is CC(=O)c1[nH]c(C)c(C(=O)N2CCN3C(=O)CNC(=O)[C@@H]3C2)c1C. The molecule has 0 spiro atoms. The number of fused-ring (bicyclic) bond motifs is 1. The Labute approximate surface area is 139 Å². The quantitative estimate of drug-likeness (QED) is 0.721. The number of Topliss-reactive ketones (excluding diaryl/α,β-unsaturated/α-hetero) is 1. The van der Waals surface area contributed by atoms with E-state index in [1.807, 2.05) is 0 Å². The van der Waals surface area contributed by atoms with Crippen molar-refractivity contribution in [1.29, 1.82) is 0 Å². The van der Waals surface area contributed by atoms with E-state index in [0.29, 0.717) is 35.6 Å². The molecule has 1 atom stereocenters. The summed E-state index contributed by atoms with van der Waals surface area (Å²) in [6.07, 6.45) is 0. The summed E-state index contributed by atoms with van der Waals surface area (Å²) in [7, 11) is 0. The smallest absolute Gasteiger partial charge is 0.256 e. The van der Waals surface area contributed by atoms with Crippen molar-refractivity contribution in [2.75, 3.05) is 26.2 Å². The summed E-state index contributed by atoms with van der Waals surface area (Å²) >= 11 is 0. The van der Waals surface area contributed by atoms with Gasteiger partial charge in [0.05, 0.1) is 24.3 Å². The number of ketones is 1. The van der Waals surface area contributed by atoms with Gasteiger partial charge in [-0.1, -0.05) is 0 Å². The molecule has 0 saturated carbocycles. The predicted octanol–water partition coefficient (Wildman–Crippen LogP) is -0.383. The highest BCUT2D eigenvalue weighted by molar-refractivity contribution is 6.03. The minimum atomic E-state index is -0.643. The third-order valence-corrected chi connectivity index (χ3v) is 4.71. The number of rotatable bonds is 2. The van der Waals surface area contributed by atoms with E-state index in [4.69, 9.17) is 0 Å². The molecular formula is C16H20N4O4. The molecule has 0 aromatic carbocycles. The van der Waals surface area contributed by atoms with E-state index in [0.717, 1.165) is 0 Å². The summed E-state index contributed by atoms with van der Waals surface area (Å²) in [4.78, 5) is 54.5. The van der Waals surface area contributed by atoms with Gasteiger partial charge in [0.15, 0.2) is 5.78 Å². The van der Waals surface area contributed by atoms with Crippen LogP contribution < -0.4 is 5.32 Å². The maximum Gasteiger partial charge on any atom is 0.256 e. The van der Waals surface area contributed by atoms with E-state index in [1.54, 1.807) is 18.7 Å². The summed E-state index contributed by atoms with van der Waals surface area (Å²) in [5, 5.41) is 2.55. The number of piperazine rings is 2. The monoisotopic (exact) mass is 332 g/mol. The molecule has 24 heavy (non-hydrogen) atoms. The van der Waals surface area contributed by atoms with Gasteiger partial charge < -0.3 is 20.1 Å². The van der Waals surface area contributed by atoms with E-state index >= 15 is 0 Å². The summed E-state index contributed by atoms with van der Waals surface area (Å²) in [5.41, 5.74) is 2.15. The Morgan fingerprint density at radius 2 is 1.88 bits per heavy atom. The van der Waals surface area contributed by atoms with Crippen molar-refractivity contribution in [3.8, 4) is 0 Å². The van der Waals surface area contributed by atoms with Crippen LogP contribution in [0.15, 0.2) is 0 Å². The Balaban J connectivity index is 1.86. The summed E-state index contributed by atoms with van der Waals surface area (Å²) < 4.78 is 0. The van der Waals surface area contributed by atoms with Gasteiger partial charge in [-0.15, -0.1) is 0 Å². The molecule has 0 bridgehead atoms. The van der Waals surface area contributed by atoms with Crippen molar-refractivity contribution in [2.24, 2.45) is 0 Å². The van der Waals surface area contributed by atoms with Crippen molar-refractivity contribution >= 4 is 23.5 Å². The Morgan fingerprint density at radius 1 is 1.17 bits per heavy atom. The topological polar surface area (TPSA) is 103 Å². The van der Waals surface area contributed by atoms with Gasteiger partial charge in [0.2, 0.25) is 11.8 Å². The van der Waals surface area contributed by atoms with Crippen LogP contribution >= 0.6 is 0 Å². The Hall–Kier alpha value is -2.64. The minimum Gasteiger partial charge on any atom is -0.355 e. The third kappa shape index (κ3) is 2.47. The number of aryl methyl sites for hydroxylation is 1. The summed E-state index contributed by atoms with van der Waals surface area (Å²) in [6.45, 7) is 5.82. The highest BCUT2D eigenvalue weighted by Gasteiger charge is 2.40. The Bertz CT molecular complexity index is 752. The molecule has 3 rings (SSSR count). The van der Waals surface area contributed by atoms with Crippen LogP contribution in [0.2, 0.25) is 0 Å². The molecule has 2 saturated heterocycles. The average molecular weight is 332 g/mol. The van der Waals surface area contributed by atoms with Gasteiger partial charge in [-0.2, -0.15) is 0 Å². The van der Waals surface area contributed by atoms with Crippen LogP contribution in [-0.4, -0.2) is 70.5 Å². The average Bonchev–Trinajstić information content (AvgIpc) is 2.85. The minimum absolute atomic E-state index is 0.0152. The zero-order valence-electron chi connectivity index (χ0n) is 13.9. The summed E-state index contributed by atoms with van der Waals surface area (Å²) in [5.74, 6) is -0.713. The largest absolute Gasteiger partial charge is 0.355 e. The number of H-pyrrole nitrogens is 1. The molecule has 0 radical (unpaired) electrons. The van der Waals surface area contributed by atoms with Crippen LogP contribution in [0.25, 0.3) is 0 Å². The molecule has 0 aliphatic carbocycles. The fraction of sp³-hybridized carbons (Fsp3) is 0.500. The van der Waals surface area contributed by atoms with Gasteiger partial charge in [0.25, 0.3) is 5.91 Å². The van der Waals surface area contributed by atoms with Crippen LogP contribution in [0.1, 0.15) is 39.0 Å². The van der Waals surface area contributed by atoms with E-state index in [2.05, 4.69) is 10.3 Å². The molecule has 8 heteroatoms. The zero-order valence-corrected chi connectivity index (χ0v) is 13.9. The first-order valence-corrected chi connectivity index (χ1v) is 7.87. The highest BCUT2D eigenvalue weighted by atomic mass is 16.2. The molecule has 2 N–H and O–H groups in total. The Morgan fingerprint density at radius 3 is 2.50 bits per heavy atom. The zero-order chi connectivity index (χ0) is 17.6. The molecule has 3 amide bonds. The first-order chi connectivity index (χ1) is 11.3. The maximum absolute atomic E-state index is 12.9. The molecule has 1 aromatic heterocycles. The molecule has 1 aromatic rings. The van der Waals surface area contributed by atoms with Crippen molar-refractivity contribution < 1.29 is 19.2 Å². The second-order valence-electron chi connectivity index (χ2n) is 6.25. The molecule has 2 aliphatic rings. The first-order valence-electron chi connectivity index (χ1n) is 7.87. The number of carbonyl (C=O) groups excluding carboxylic acids is 4. The predicted molar refractivity (Wildman–Crippen MR) is 84.7 cm³/mol. The van der Waals surface area contributed by atoms with E-state index in [1.165, 1.54) is 11.8 Å². The molecule has 0 unspecified atom stereocenters. The second-order valence-corrected chi connectivity index (χ2v) is 6.25. The van der Waals surface area contributed by atoms with Crippen molar-refractivity contribution in [1.82, 2.24) is 20.1 Å². The second kappa shape index (κ2) is 5.77. The fourth-order valence-electron chi connectivity index (χ4n) is 3.45. The lowest BCUT2D eigenvalue weighted by atomic mass is 10.0. The lowest BCUT2D eigenvalue weighted by molar-refractivity contribution is -0.148. The van der Waals surface area contributed by atoms with Gasteiger partial charge in [0.1, 0.15) is 6.04 Å². The molecule has 3 heterocycles. The van der Waals surface area contributed by atoms with Crippen LogP contribution in [0.3, 0.4) is 0 Å². The summed E-state index contributed by atoms with van der Waals surface area (Å²) in [6, 6.07) is -0.643. The molecule has 2 aliphatic heterocycles. The number of hydrogen-bond donors (Lipinski definition) is 2. The Kier molecular flexibility index (Phi) is 3.90. The van der Waals surface area contributed by atoms with Gasteiger partial charge in [-0.25, -0.2) is 0 Å². The molecule has 2 fully saturated rings. The van der Waals surface area contributed by atoms with Crippen LogP contribution in [-0.2, 0) is 9.59 Å². The number of aromatic amines is 1. The van der Waals surface area contributed by atoms with Crippen molar-refractivity contribution in [3.63, 3.8) is 0 Å². The number of nitrogens with one attached hydrogen (secondary N) is 2. The van der Waals surface area contributed by atoms with Crippen LogP contribution in [0.5, 0.6) is 0 Å². The lowest BCUT2D eigenvalue weighted by Gasteiger charge is -2.42. The van der Waals surface area contributed by atoms with Gasteiger partial charge in [-0.3, -0.25) is 19.2 Å². The number of nitrogens with zero attached hydrogens (tertiary/aromatic N) is 2. The van der Waals surface area contributed by atoms with Gasteiger partial charge in [0, 0.05) is 25.7 Å². The molecule has 8 nitrogen and oxygen atoms in total. The van der Waals surface area contributed by atoms with E-state index in [9.17, 15) is 19.2 Å². The first kappa shape index (κ1) is 16.2. The highest BCUT2D eigenvalue weighted by Crippen LogP contribution is 2.22. The van der Waals surface area contributed by atoms with Crippen molar-refractivity contribution in [3.05, 3.63) is 22.5 Å². The number of hydrogen-bond acceptors (Lipinski definition) is 4. The maximum atomic E-state index is 12.9. The van der Waals surface area contributed by atoms with Gasteiger partial charge >= 0.3 is 0 Å². The van der Waals surface area contributed by atoms with E-state index in [-0.39, 0.29) is 36.6 Å². The molecule has 128 valence electrons. The van der Waals surface area contributed by atoms with Crippen LogP contribution in [0, 0.1) is 13.8 Å². The fourth-order valence-corrected chi connectivity index (χ4v) is 3.45. The third-order valence-electron chi connectivity index (χ3n) is 4.71. The number of carbonyl (C=O) groups is 4. The van der Waals surface area contributed by atoms with Gasteiger partial charge in [-0.05, 0) is 19.4 Å². The molecular weight excluding hydrogens is 312 g/mol. The number of aromatic nitrogens is 1. The standard InChI is InChI=1S/C16H20N4O4/c1-8-13(9(2)18-14(8)10(3)21)16(24)19-4-5-20-11(7-19)15(23)17-6-12(20)22/h11,18H,4-7H2,1-3H3,(H,17,23)/t11-/m0/s1. The van der Waals surface area contributed by atoms with Crippen molar-refractivity contribution in [2.45, 2.75) is 26.8 Å². The number of amides is 3.